The van der Waals surface area contributed by atoms with Crippen molar-refractivity contribution in [3.8, 4) is 0 Å². The molecular formula is C11H22N2. The summed E-state index contributed by atoms with van der Waals surface area (Å²) in [6.45, 7) is 6.99. The molecule has 0 bridgehead atoms. The maximum atomic E-state index is 3.79. The number of rotatable bonds is 0. The van der Waals surface area contributed by atoms with Gasteiger partial charge in [-0.25, -0.2) is 0 Å². The second-order valence-electron chi connectivity index (χ2n) is 5.14. The van der Waals surface area contributed by atoms with Gasteiger partial charge in [-0.3, -0.25) is 0 Å². The Morgan fingerprint density at radius 3 is 2.46 bits per heavy atom. The molecule has 76 valence electrons. The summed E-state index contributed by atoms with van der Waals surface area (Å²) < 4.78 is 0. The number of hydrogen-bond donors (Lipinski definition) is 2. The van der Waals surface area contributed by atoms with Crippen LogP contribution in [0.4, 0.5) is 0 Å². The van der Waals surface area contributed by atoms with Crippen LogP contribution in [0.1, 0.15) is 39.5 Å². The summed E-state index contributed by atoms with van der Waals surface area (Å²) in [4.78, 5) is 0. The quantitative estimate of drug-likeness (QED) is 0.593. The first-order valence-electron chi connectivity index (χ1n) is 5.69. The first-order valence-corrected chi connectivity index (χ1v) is 5.69. The third kappa shape index (κ3) is 2.05. The van der Waals surface area contributed by atoms with E-state index in [-0.39, 0.29) is 0 Å². The predicted octanol–water partition coefficient (Wildman–Crippen LogP) is 1.52. The Bertz CT molecular complexity index is 171. The molecule has 2 fully saturated rings. The normalized spacial score (nSPS) is 46.6. The number of hydrogen-bond acceptors (Lipinski definition) is 2. The van der Waals surface area contributed by atoms with Gasteiger partial charge in [-0.1, -0.05) is 6.92 Å². The van der Waals surface area contributed by atoms with E-state index in [1.165, 1.54) is 32.2 Å². The van der Waals surface area contributed by atoms with Crippen LogP contribution in [0.2, 0.25) is 0 Å². The average Bonchev–Trinajstić information content (AvgIpc) is 2.11. The molecule has 2 aliphatic rings. The van der Waals surface area contributed by atoms with E-state index in [4.69, 9.17) is 0 Å². The summed E-state index contributed by atoms with van der Waals surface area (Å²) >= 11 is 0. The first kappa shape index (κ1) is 9.47. The van der Waals surface area contributed by atoms with Crippen LogP contribution >= 0.6 is 0 Å². The molecule has 2 rings (SSSR count). The third-order valence-corrected chi connectivity index (χ3v) is 3.70. The molecule has 2 N–H and O–H groups in total. The lowest BCUT2D eigenvalue weighted by atomic mass is 9.76. The van der Waals surface area contributed by atoms with Gasteiger partial charge in [-0.05, 0) is 38.5 Å². The lowest BCUT2D eigenvalue weighted by molar-refractivity contribution is 0.149. The highest BCUT2D eigenvalue weighted by atomic mass is 15.1. The van der Waals surface area contributed by atoms with Crippen LogP contribution in [0.3, 0.4) is 0 Å². The molecule has 0 aromatic rings. The third-order valence-electron chi connectivity index (χ3n) is 3.70. The van der Waals surface area contributed by atoms with Crippen LogP contribution in [0.5, 0.6) is 0 Å². The fourth-order valence-corrected chi connectivity index (χ4v) is 2.79. The van der Waals surface area contributed by atoms with Gasteiger partial charge in [0.05, 0.1) is 0 Å². The topological polar surface area (TPSA) is 24.1 Å². The van der Waals surface area contributed by atoms with E-state index in [0.29, 0.717) is 11.6 Å². The van der Waals surface area contributed by atoms with Crippen LogP contribution in [0.15, 0.2) is 0 Å². The SMILES string of the molecule is CC1CCC2(CC1)CNCC(C)N2. The van der Waals surface area contributed by atoms with Crippen molar-refractivity contribution in [1.82, 2.24) is 10.6 Å². The van der Waals surface area contributed by atoms with E-state index < -0.39 is 0 Å². The smallest absolute Gasteiger partial charge is 0.0309 e. The van der Waals surface area contributed by atoms with E-state index in [1.54, 1.807) is 0 Å². The Morgan fingerprint density at radius 2 is 1.85 bits per heavy atom. The zero-order valence-electron chi connectivity index (χ0n) is 8.90. The van der Waals surface area contributed by atoms with E-state index >= 15 is 0 Å². The van der Waals surface area contributed by atoms with E-state index in [1.807, 2.05) is 0 Å². The van der Waals surface area contributed by atoms with Crippen molar-refractivity contribution in [3.63, 3.8) is 0 Å². The zero-order chi connectivity index (χ0) is 9.31. The molecule has 0 radical (unpaired) electrons. The number of piperazine rings is 1. The van der Waals surface area contributed by atoms with Gasteiger partial charge in [0, 0.05) is 24.7 Å². The van der Waals surface area contributed by atoms with Gasteiger partial charge in [0.2, 0.25) is 0 Å². The van der Waals surface area contributed by atoms with Crippen molar-refractivity contribution in [2.75, 3.05) is 13.1 Å². The van der Waals surface area contributed by atoms with Gasteiger partial charge in [-0.15, -0.1) is 0 Å². The second-order valence-corrected chi connectivity index (χ2v) is 5.14. The van der Waals surface area contributed by atoms with Gasteiger partial charge in [0.15, 0.2) is 0 Å². The molecule has 0 amide bonds. The lowest BCUT2D eigenvalue weighted by Crippen LogP contribution is -2.63. The first-order chi connectivity index (χ1) is 6.20. The fourth-order valence-electron chi connectivity index (χ4n) is 2.79. The molecule has 1 aliphatic carbocycles. The van der Waals surface area contributed by atoms with E-state index in [2.05, 4.69) is 24.5 Å². The highest BCUT2D eigenvalue weighted by Gasteiger charge is 2.36. The summed E-state index contributed by atoms with van der Waals surface area (Å²) in [6.07, 6.45) is 5.54. The summed E-state index contributed by atoms with van der Waals surface area (Å²) in [5.74, 6) is 0.949. The van der Waals surface area contributed by atoms with Crippen LogP contribution in [0, 0.1) is 5.92 Å². The van der Waals surface area contributed by atoms with E-state index in [9.17, 15) is 0 Å². The van der Waals surface area contributed by atoms with Crippen molar-refractivity contribution < 1.29 is 0 Å². The molecule has 1 aliphatic heterocycles. The molecule has 1 unspecified atom stereocenters. The summed E-state index contributed by atoms with van der Waals surface area (Å²) in [5.41, 5.74) is 0.449. The molecule has 13 heavy (non-hydrogen) atoms. The van der Waals surface area contributed by atoms with Gasteiger partial charge < -0.3 is 10.6 Å². The predicted molar refractivity (Wildman–Crippen MR) is 55.8 cm³/mol. The molecule has 2 heteroatoms. The molecule has 1 spiro atoms. The van der Waals surface area contributed by atoms with Crippen molar-refractivity contribution in [3.05, 3.63) is 0 Å². The van der Waals surface area contributed by atoms with Crippen LogP contribution < -0.4 is 10.6 Å². The second kappa shape index (κ2) is 3.58. The maximum Gasteiger partial charge on any atom is 0.0309 e. The van der Waals surface area contributed by atoms with Gasteiger partial charge in [0.1, 0.15) is 0 Å². The van der Waals surface area contributed by atoms with E-state index in [0.717, 1.165) is 12.5 Å². The van der Waals surface area contributed by atoms with Crippen molar-refractivity contribution in [2.45, 2.75) is 51.1 Å². The minimum absolute atomic E-state index is 0.449. The average molecular weight is 182 g/mol. The summed E-state index contributed by atoms with van der Waals surface area (Å²) in [6, 6.07) is 0.655. The molecular weight excluding hydrogens is 160 g/mol. The van der Waals surface area contributed by atoms with Crippen molar-refractivity contribution >= 4 is 0 Å². The highest BCUT2D eigenvalue weighted by Crippen LogP contribution is 2.32. The minimum atomic E-state index is 0.449. The molecule has 2 nitrogen and oxygen atoms in total. The molecule has 0 aromatic heterocycles. The molecule has 1 saturated carbocycles. The molecule has 0 aromatic carbocycles. The Balaban J connectivity index is 1.95. The zero-order valence-corrected chi connectivity index (χ0v) is 8.90. The fraction of sp³-hybridized carbons (Fsp3) is 1.00. The maximum absolute atomic E-state index is 3.79. The Labute approximate surface area is 81.5 Å². The molecule has 1 heterocycles. The van der Waals surface area contributed by atoms with Crippen LogP contribution in [-0.4, -0.2) is 24.7 Å². The Hall–Kier alpha value is -0.0800. The lowest BCUT2D eigenvalue weighted by Gasteiger charge is -2.45. The van der Waals surface area contributed by atoms with Crippen LogP contribution in [-0.2, 0) is 0 Å². The Morgan fingerprint density at radius 1 is 1.15 bits per heavy atom. The summed E-state index contributed by atoms with van der Waals surface area (Å²) in [7, 11) is 0. The van der Waals surface area contributed by atoms with Gasteiger partial charge >= 0.3 is 0 Å². The van der Waals surface area contributed by atoms with Crippen molar-refractivity contribution in [1.29, 1.82) is 0 Å². The monoisotopic (exact) mass is 182 g/mol. The molecule has 1 saturated heterocycles. The summed E-state index contributed by atoms with van der Waals surface area (Å²) in [5, 5.41) is 7.34. The van der Waals surface area contributed by atoms with Gasteiger partial charge in [-0.2, -0.15) is 0 Å². The standard InChI is InChI=1S/C11H22N2/c1-9-3-5-11(6-4-9)8-12-7-10(2)13-11/h9-10,12-13H,3-8H2,1-2H3. The largest absolute Gasteiger partial charge is 0.313 e. The molecule has 1 atom stereocenters. The number of nitrogens with one attached hydrogen (secondary N) is 2. The Kier molecular flexibility index (Phi) is 2.61. The minimum Gasteiger partial charge on any atom is -0.313 e. The van der Waals surface area contributed by atoms with Crippen molar-refractivity contribution in [2.24, 2.45) is 5.92 Å². The van der Waals surface area contributed by atoms with Gasteiger partial charge in [0.25, 0.3) is 0 Å². The van der Waals surface area contributed by atoms with Crippen LogP contribution in [0.25, 0.3) is 0 Å². The highest BCUT2D eigenvalue weighted by molar-refractivity contribution is 4.98.